The lowest BCUT2D eigenvalue weighted by Crippen LogP contribution is -2.12. The molecule has 0 aromatic heterocycles. The molecule has 4 aromatic carbocycles. The Labute approximate surface area is 764 Å². The van der Waals surface area contributed by atoms with Crippen molar-refractivity contribution >= 4 is 5.97 Å². The van der Waals surface area contributed by atoms with Crippen molar-refractivity contribution in [1.82, 2.24) is 0 Å². The highest BCUT2D eigenvalue weighted by atomic mass is 16.5. The largest absolute Gasteiger partial charge is 0.493 e. The summed E-state index contributed by atoms with van der Waals surface area (Å²) in [6.45, 7) is 16.0. The van der Waals surface area contributed by atoms with Crippen molar-refractivity contribution in [2.45, 2.75) is 516 Å². The first kappa shape index (κ1) is 110. The monoisotopic (exact) mass is 1720 g/mol. The maximum atomic E-state index is 12.6. The zero-order valence-electron chi connectivity index (χ0n) is 81.6. The van der Waals surface area contributed by atoms with Gasteiger partial charge < -0.3 is 39.0 Å². The molecule has 5 rings (SSSR count). The van der Waals surface area contributed by atoms with Gasteiger partial charge in [0.25, 0.3) is 0 Å². The molecular weight excluding hydrogens is 1530 g/mol. The standard InChI is InChI=1S/C115H194O9/c1-6-11-15-19-23-27-31-35-39-43-47-51-55-59-63-67-82-121-112-103-87-99(75-71-79-116)88-104(112)96-106-90-101(77-73-81-118)92-108(114(106)123-84-69-65-61-57-53-49-45-41-37-33-29-25-21-17-13-8-3)98-110-94-102(78-74-86-120-111(119)10-5)93-109(115(110)124-85-70-66-62-58-54-50-46-42-38-34-30-26-22-18-14-9-4)97-107-91-100(76-72-80-117)89-105(95-103)113(107)122-83-68-64-60-56-52-48-44-40-36-32-28-24-20-16-12-7-2/h10,87-94,116-118H,5-9,11-86,95-98H2,1-4H3. The molecule has 708 valence electrons. The van der Waals surface area contributed by atoms with Gasteiger partial charge in [-0.15, -0.1) is 0 Å². The van der Waals surface area contributed by atoms with Gasteiger partial charge >= 0.3 is 5.97 Å². The van der Waals surface area contributed by atoms with E-state index in [0.29, 0.717) is 90.8 Å². The van der Waals surface area contributed by atoms with E-state index in [9.17, 15) is 20.1 Å². The summed E-state index contributed by atoms with van der Waals surface area (Å²) >= 11 is 0. The van der Waals surface area contributed by atoms with Crippen LogP contribution in [0, 0.1) is 0 Å². The first-order valence-electron chi connectivity index (χ1n) is 54.0. The first-order valence-corrected chi connectivity index (χ1v) is 54.0. The summed E-state index contributed by atoms with van der Waals surface area (Å²) in [5, 5.41) is 31.9. The van der Waals surface area contributed by atoms with E-state index in [4.69, 9.17) is 23.7 Å². The van der Waals surface area contributed by atoms with Gasteiger partial charge in [0.2, 0.25) is 0 Å². The van der Waals surface area contributed by atoms with Crippen molar-refractivity contribution in [1.29, 1.82) is 0 Å². The first-order chi connectivity index (χ1) is 61.3. The maximum Gasteiger partial charge on any atom is 0.330 e. The molecule has 3 N–H and O–H groups in total. The second-order valence-corrected chi connectivity index (χ2v) is 38.2. The van der Waals surface area contributed by atoms with Gasteiger partial charge in [-0.25, -0.2) is 4.79 Å². The molecule has 0 fully saturated rings. The van der Waals surface area contributed by atoms with Crippen LogP contribution >= 0.6 is 0 Å². The number of hydrogen-bond donors (Lipinski definition) is 3. The minimum absolute atomic E-state index is 0.105. The third-order valence-corrected chi connectivity index (χ3v) is 26.6. The molecule has 8 bridgehead atoms. The molecule has 1 aliphatic rings. The Morgan fingerprint density at radius 2 is 0.387 bits per heavy atom. The molecule has 0 saturated heterocycles. The number of carbonyl (C=O) groups excluding carboxylic acids is 1. The zero-order chi connectivity index (χ0) is 88.1. The van der Waals surface area contributed by atoms with Gasteiger partial charge in [-0.2, -0.15) is 0 Å². The van der Waals surface area contributed by atoms with E-state index in [1.165, 1.54) is 388 Å². The zero-order valence-corrected chi connectivity index (χ0v) is 81.6. The topological polar surface area (TPSA) is 124 Å². The number of unbranched alkanes of at least 4 members (excludes halogenated alkanes) is 60. The minimum Gasteiger partial charge on any atom is -0.493 e. The normalized spacial score (nSPS) is 12.1. The number of esters is 1. The second kappa shape index (κ2) is 78.1. The lowest BCUT2D eigenvalue weighted by atomic mass is 9.87. The third kappa shape index (κ3) is 53.3. The number of benzene rings is 4. The number of rotatable bonds is 86. The summed E-state index contributed by atoms with van der Waals surface area (Å²) in [5.74, 6) is 3.39. The fourth-order valence-electron chi connectivity index (χ4n) is 19.2. The predicted molar refractivity (Wildman–Crippen MR) is 533 cm³/mol. The molecule has 0 radical (unpaired) electrons. The lowest BCUT2D eigenvalue weighted by molar-refractivity contribution is -0.137. The Kier molecular flexibility index (Phi) is 69.0. The Hall–Kier alpha value is -4.83. The number of aliphatic hydroxyl groups excluding tert-OH is 3. The maximum absolute atomic E-state index is 12.6. The summed E-state index contributed by atoms with van der Waals surface area (Å²) in [7, 11) is 0. The molecular formula is C115H194O9. The number of aliphatic hydroxyl groups is 3. The van der Waals surface area contributed by atoms with Crippen molar-refractivity contribution in [3.05, 3.63) is 128 Å². The Morgan fingerprint density at radius 3 is 0.540 bits per heavy atom. The van der Waals surface area contributed by atoms with Crippen molar-refractivity contribution in [3.8, 4) is 23.0 Å². The molecule has 0 atom stereocenters. The second-order valence-electron chi connectivity index (χ2n) is 38.2. The number of ether oxygens (including phenoxy) is 5. The molecule has 4 aromatic rings. The van der Waals surface area contributed by atoms with Crippen LogP contribution in [0.1, 0.15) is 531 Å². The van der Waals surface area contributed by atoms with Crippen LogP contribution in [0.3, 0.4) is 0 Å². The summed E-state index contributed by atoms with van der Waals surface area (Å²) in [4.78, 5) is 12.6. The molecule has 9 heteroatoms. The molecule has 0 aliphatic heterocycles. The van der Waals surface area contributed by atoms with Crippen LogP contribution in [0.2, 0.25) is 0 Å². The number of aryl methyl sites for hydroxylation is 4. The predicted octanol–water partition coefficient (Wildman–Crippen LogP) is 33.4. The van der Waals surface area contributed by atoms with Gasteiger partial charge in [-0.3, -0.25) is 0 Å². The van der Waals surface area contributed by atoms with E-state index >= 15 is 0 Å². The van der Waals surface area contributed by atoms with Crippen LogP contribution < -0.4 is 18.9 Å². The van der Waals surface area contributed by atoms with E-state index in [1.807, 2.05) is 0 Å². The van der Waals surface area contributed by atoms with E-state index < -0.39 is 5.97 Å². The summed E-state index contributed by atoms with van der Waals surface area (Å²) < 4.78 is 35.7. The fourth-order valence-corrected chi connectivity index (χ4v) is 19.2. The van der Waals surface area contributed by atoms with Crippen LogP contribution in [0.15, 0.2) is 61.2 Å². The Morgan fingerprint density at radius 1 is 0.234 bits per heavy atom. The smallest absolute Gasteiger partial charge is 0.330 e. The molecule has 9 nitrogen and oxygen atoms in total. The highest BCUT2D eigenvalue weighted by molar-refractivity contribution is 5.81. The average molecular weight is 1720 g/mol. The van der Waals surface area contributed by atoms with Crippen molar-refractivity contribution in [2.24, 2.45) is 0 Å². The van der Waals surface area contributed by atoms with E-state index in [2.05, 4.69) is 82.8 Å². The van der Waals surface area contributed by atoms with Gasteiger partial charge in [0.15, 0.2) is 0 Å². The van der Waals surface area contributed by atoms with Gasteiger partial charge in [0.05, 0.1) is 33.0 Å². The SMILES string of the molecule is C=CC(=O)OCCCc1cc2c(OCCCCCCCCCCCCCCCCCC)c(c1)Cc1cc(CCCO)cc(c1OCCCCCCCCCCCCCCCCCC)Cc1cc(CCCO)cc(c1OCCCCCCCCCCCCCCCCCC)Cc1cc(CCCO)cc(c1OCCCCCCCCCCCCCCCCCC)C2. The van der Waals surface area contributed by atoms with Crippen molar-refractivity contribution in [3.63, 3.8) is 0 Å². The van der Waals surface area contributed by atoms with Gasteiger partial charge in [0.1, 0.15) is 23.0 Å². The van der Waals surface area contributed by atoms with Crippen molar-refractivity contribution < 1.29 is 43.8 Å². The Bertz CT molecular complexity index is 3040. The van der Waals surface area contributed by atoms with Crippen LogP contribution in [-0.2, 0) is 60.9 Å². The van der Waals surface area contributed by atoms with Gasteiger partial charge in [0, 0.05) is 51.6 Å². The number of carbonyl (C=O) groups is 1. The number of fused-ring (bicyclic) bond motifs is 8. The van der Waals surface area contributed by atoms with Crippen LogP contribution in [0.25, 0.3) is 0 Å². The Balaban J connectivity index is 1.58. The van der Waals surface area contributed by atoms with Gasteiger partial charge in [-0.1, -0.05) is 468 Å². The molecule has 0 spiro atoms. The molecule has 0 amide bonds. The van der Waals surface area contributed by atoms with E-state index in [-0.39, 0.29) is 19.8 Å². The van der Waals surface area contributed by atoms with E-state index in [1.54, 1.807) is 0 Å². The summed E-state index contributed by atoms with van der Waals surface area (Å²) in [6, 6.07) is 19.2. The summed E-state index contributed by atoms with van der Waals surface area (Å²) in [5.41, 5.74) is 13.8. The fraction of sp³-hybridized carbons (Fsp3) is 0.765. The molecule has 124 heavy (non-hydrogen) atoms. The quantitative estimate of drug-likeness (QED) is 0.0198. The molecule has 0 heterocycles. The number of hydrogen-bond acceptors (Lipinski definition) is 9. The van der Waals surface area contributed by atoms with Crippen LogP contribution in [-0.4, -0.2) is 74.1 Å². The van der Waals surface area contributed by atoms with Gasteiger partial charge in [-0.05, 0) is 144 Å². The average Bonchev–Trinajstić information content (AvgIpc) is 0.772. The van der Waals surface area contributed by atoms with Crippen LogP contribution in [0.5, 0.6) is 23.0 Å². The molecule has 0 unspecified atom stereocenters. The highest BCUT2D eigenvalue weighted by Crippen LogP contribution is 2.43. The van der Waals surface area contributed by atoms with Crippen LogP contribution in [0.4, 0.5) is 0 Å². The third-order valence-electron chi connectivity index (χ3n) is 26.6. The minimum atomic E-state index is -0.401. The molecule has 1 aliphatic carbocycles. The van der Waals surface area contributed by atoms with Crippen molar-refractivity contribution in [2.75, 3.05) is 52.9 Å². The summed E-state index contributed by atoms with van der Waals surface area (Å²) in [6.07, 6.45) is 93.3. The molecule has 0 saturated carbocycles. The van der Waals surface area contributed by atoms with E-state index in [0.717, 1.165) is 138 Å². The highest BCUT2D eigenvalue weighted by Gasteiger charge is 2.26. The lowest BCUT2D eigenvalue weighted by Gasteiger charge is -2.25.